The molecule has 6 rings (SSSR count). The highest BCUT2D eigenvalue weighted by Crippen LogP contribution is 2.79. The molecule has 150 valence electrons. The number of rotatable bonds is 2. The fraction of sp³-hybridized carbons (Fsp3) is 0.760. The lowest BCUT2D eigenvalue weighted by molar-refractivity contribution is -0.179. The van der Waals surface area contributed by atoms with Crippen LogP contribution < -0.4 is 0 Å². The van der Waals surface area contributed by atoms with E-state index in [0.29, 0.717) is 54.1 Å². The van der Waals surface area contributed by atoms with Crippen molar-refractivity contribution >= 4 is 11.8 Å². The van der Waals surface area contributed by atoms with E-state index < -0.39 is 0 Å². The minimum Gasteiger partial charge on any atom is -0.458 e. The molecule has 1 spiro atoms. The Morgan fingerprint density at radius 1 is 1.21 bits per heavy atom. The van der Waals surface area contributed by atoms with E-state index in [4.69, 9.17) is 4.74 Å². The molecule has 0 N–H and O–H groups in total. The molecular formula is C25H32O3. The van der Waals surface area contributed by atoms with E-state index in [-0.39, 0.29) is 17.0 Å². The lowest BCUT2D eigenvalue weighted by atomic mass is 9.46. The first-order valence-corrected chi connectivity index (χ1v) is 11.6. The van der Waals surface area contributed by atoms with Gasteiger partial charge in [-0.05, 0) is 74.0 Å². The fourth-order valence-electron chi connectivity index (χ4n) is 9.24. The quantitative estimate of drug-likeness (QED) is 0.507. The summed E-state index contributed by atoms with van der Waals surface area (Å²) in [4.78, 5) is 24.3. The van der Waals surface area contributed by atoms with Gasteiger partial charge in [0.25, 0.3) is 0 Å². The third kappa shape index (κ3) is 1.92. The summed E-state index contributed by atoms with van der Waals surface area (Å²) in [6.45, 7) is 6.57. The maximum absolute atomic E-state index is 12.2. The number of Topliss-reactive ketones (excluding diaryl/α,β-unsaturated/α-hetero) is 1. The molecule has 0 aromatic heterocycles. The van der Waals surface area contributed by atoms with Crippen LogP contribution in [0, 0.1) is 46.8 Å². The molecule has 0 aromatic carbocycles. The van der Waals surface area contributed by atoms with Crippen molar-refractivity contribution in [2.75, 3.05) is 0 Å². The van der Waals surface area contributed by atoms with E-state index in [9.17, 15) is 9.59 Å². The Hall–Kier alpha value is -1.38. The summed E-state index contributed by atoms with van der Waals surface area (Å²) in [5.41, 5.74) is 1.42. The fourth-order valence-corrected chi connectivity index (χ4v) is 9.24. The Balaban J connectivity index is 1.45. The van der Waals surface area contributed by atoms with Crippen LogP contribution in [0.5, 0.6) is 0 Å². The van der Waals surface area contributed by atoms with Crippen LogP contribution >= 0.6 is 0 Å². The van der Waals surface area contributed by atoms with Crippen molar-refractivity contribution in [2.45, 2.75) is 70.3 Å². The molecule has 0 radical (unpaired) electrons. The zero-order chi connectivity index (χ0) is 19.3. The zero-order valence-electron chi connectivity index (χ0n) is 17.0. The summed E-state index contributed by atoms with van der Waals surface area (Å²) >= 11 is 0. The molecule has 28 heavy (non-hydrogen) atoms. The van der Waals surface area contributed by atoms with Crippen LogP contribution in [0.4, 0.5) is 0 Å². The SMILES string of the molecule is C=CC1C=C2CC(=O)CC[C@@H]2C2CC[C@@]3(CC)C(C4CC4[C@@]34CCC(=O)O4)C12. The molecular weight excluding hydrogens is 348 g/mol. The van der Waals surface area contributed by atoms with Crippen molar-refractivity contribution in [3.05, 3.63) is 24.3 Å². The van der Waals surface area contributed by atoms with Gasteiger partial charge in [-0.3, -0.25) is 9.59 Å². The van der Waals surface area contributed by atoms with Crippen molar-refractivity contribution in [3.63, 3.8) is 0 Å². The zero-order valence-corrected chi connectivity index (χ0v) is 17.0. The van der Waals surface area contributed by atoms with Crippen LogP contribution in [0.2, 0.25) is 0 Å². The van der Waals surface area contributed by atoms with E-state index in [2.05, 4.69) is 25.7 Å². The minimum absolute atomic E-state index is 0.0399. The molecule has 1 heterocycles. The molecule has 0 bridgehead atoms. The van der Waals surface area contributed by atoms with Crippen LogP contribution in [-0.4, -0.2) is 17.4 Å². The largest absolute Gasteiger partial charge is 0.458 e. The number of ether oxygens (including phenoxy) is 1. The first-order valence-electron chi connectivity index (χ1n) is 11.6. The highest BCUT2D eigenvalue weighted by Gasteiger charge is 2.79. The molecule has 6 aliphatic rings. The second-order valence-corrected chi connectivity index (χ2v) is 10.6. The first-order chi connectivity index (χ1) is 13.5. The molecule has 5 fully saturated rings. The van der Waals surface area contributed by atoms with Crippen LogP contribution in [0.25, 0.3) is 0 Å². The van der Waals surface area contributed by atoms with E-state index in [0.717, 1.165) is 31.6 Å². The lowest BCUT2D eigenvalue weighted by Gasteiger charge is -2.59. The highest BCUT2D eigenvalue weighted by atomic mass is 16.6. The van der Waals surface area contributed by atoms with Crippen LogP contribution in [-0.2, 0) is 14.3 Å². The van der Waals surface area contributed by atoms with Gasteiger partial charge in [-0.2, -0.15) is 0 Å². The standard InChI is InChI=1S/C25H32O3/c1-3-14-11-15-12-16(26)5-6-17(15)18-7-9-24(4-2)23(22(14)18)19-13-20(19)25(24)10-8-21(27)28-25/h3,11,14,17-20,22-23H,1,4-10,12-13H2,2H3/t14?,17-,18?,19?,20?,22?,23?,24-,25-/m0/s1. The molecule has 1 aliphatic heterocycles. The number of allylic oxidation sites excluding steroid dienone is 3. The van der Waals surface area contributed by atoms with Gasteiger partial charge < -0.3 is 4.74 Å². The van der Waals surface area contributed by atoms with Crippen molar-refractivity contribution in [1.29, 1.82) is 0 Å². The molecule has 3 nitrogen and oxygen atoms in total. The third-order valence-electron chi connectivity index (χ3n) is 10.1. The van der Waals surface area contributed by atoms with Crippen LogP contribution in [0.1, 0.15) is 64.7 Å². The molecule has 0 aromatic rings. The summed E-state index contributed by atoms with van der Waals surface area (Å²) in [5, 5.41) is 0. The maximum atomic E-state index is 12.2. The Morgan fingerprint density at radius 2 is 2.07 bits per heavy atom. The predicted molar refractivity (Wildman–Crippen MR) is 106 cm³/mol. The minimum atomic E-state index is -0.169. The van der Waals surface area contributed by atoms with Crippen LogP contribution in [0.15, 0.2) is 24.3 Å². The molecule has 6 unspecified atom stereocenters. The number of ketones is 1. The van der Waals surface area contributed by atoms with Gasteiger partial charge in [0.15, 0.2) is 0 Å². The van der Waals surface area contributed by atoms with E-state index in [1.165, 1.54) is 24.8 Å². The number of carbonyl (C=O) groups is 2. The summed E-state index contributed by atoms with van der Waals surface area (Å²) in [7, 11) is 0. The Morgan fingerprint density at radius 3 is 2.79 bits per heavy atom. The number of fused-ring (bicyclic) bond motifs is 9. The second-order valence-electron chi connectivity index (χ2n) is 10.6. The highest BCUT2D eigenvalue weighted by molar-refractivity contribution is 5.82. The topological polar surface area (TPSA) is 43.4 Å². The van der Waals surface area contributed by atoms with Gasteiger partial charge in [0.05, 0.1) is 0 Å². The molecule has 0 amide bonds. The normalized spacial score (nSPS) is 53.6. The Bertz CT molecular complexity index is 796. The van der Waals surface area contributed by atoms with E-state index in [1.54, 1.807) is 0 Å². The average Bonchev–Trinajstić information content (AvgIpc) is 3.34. The van der Waals surface area contributed by atoms with E-state index in [1.807, 2.05) is 0 Å². The molecule has 1 saturated heterocycles. The van der Waals surface area contributed by atoms with Crippen molar-refractivity contribution in [1.82, 2.24) is 0 Å². The predicted octanol–water partition coefficient (Wildman–Crippen LogP) is 4.86. The third-order valence-corrected chi connectivity index (χ3v) is 10.1. The van der Waals surface area contributed by atoms with Crippen molar-refractivity contribution in [3.8, 4) is 0 Å². The first kappa shape index (κ1) is 17.5. The van der Waals surface area contributed by atoms with Crippen molar-refractivity contribution in [2.24, 2.45) is 46.8 Å². The van der Waals surface area contributed by atoms with Gasteiger partial charge in [-0.15, -0.1) is 6.58 Å². The Kier molecular flexibility index (Phi) is 3.50. The van der Waals surface area contributed by atoms with Gasteiger partial charge in [0.1, 0.15) is 11.4 Å². The summed E-state index contributed by atoms with van der Waals surface area (Å²) in [5.74, 6) is 4.76. The molecule has 4 saturated carbocycles. The summed E-state index contributed by atoms with van der Waals surface area (Å²) in [6.07, 6.45) is 13.5. The van der Waals surface area contributed by atoms with Crippen LogP contribution in [0.3, 0.4) is 0 Å². The van der Waals surface area contributed by atoms with Gasteiger partial charge in [0.2, 0.25) is 0 Å². The summed E-state index contributed by atoms with van der Waals surface area (Å²) in [6, 6.07) is 0. The summed E-state index contributed by atoms with van der Waals surface area (Å²) < 4.78 is 6.27. The molecule has 9 atom stereocenters. The number of hydrogen-bond acceptors (Lipinski definition) is 3. The maximum Gasteiger partial charge on any atom is 0.306 e. The molecule has 3 heteroatoms. The number of carbonyl (C=O) groups excluding carboxylic acids is 2. The van der Waals surface area contributed by atoms with Crippen molar-refractivity contribution < 1.29 is 14.3 Å². The smallest absolute Gasteiger partial charge is 0.306 e. The molecule has 5 aliphatic carbocycles. The Labute approximate surface area is 168 Å². The van der Waals surface area contributed by atoms with Gasteiger partial charge in [-0.1, -0.05) is 24.6 Å². The van der Waals surface area contributed by atoms with E-state index >= 15 is 0 Å². The monoisotopic (exact) mass is 380 g/mol. The lowest BCUT2D eigenvalue weighted by Crippen LogP contribution is -2.57. The second kappa shape index (κ2) is 5.61. The number of esters is 1. The van der Waals surface area contributed by atoms with Gasteiger partial charge in [-0.25, -0.2) is 0 Å². The van der Waals surface area contributed by atoms with Gasteiger partial charge in [0, 0.05) is 30.6 Å². The average molecular weight is 381 g/mol. The number of hydrogen-bond donors (Lipinski definition) is 0. The van der Waals surface area contributed by atoms with Gasteiger partial charge >= 0.3 is 5.97 Å².